The van der Waals surface area contributed by atoms with Crippen LogP contribution in [0, 0.1) is 23.7 Å². The summed E-state index contributed by atoms with van der Waals surface area (Å²) in [6.07, 6.45) is 10.7. The first-order valence-electron chi connectivity index (χ1n) is 14.9. The first-order valence-corrected chi connectivity index (χ1v) is 14.9. The summed E-state index contributed by atoms with van der Waals surface area (Å²) in [5, 5.41) is 13.5. The molecule has 1 aliphatic rings. The van der Waals surface area contributed by atoms with Gasteiger partial charge in [-0.25, -0.2) is 0 Å². The number of rotatable bonds is 17. The Morgan fingerprint density at radius 2 is 1.81 bits per heavy atom. The van der Waals surface area contributed by atoms with E-state index in [1.165, 1.54) is 54.5 Å². The maximum Gasteiger partial charge on any atom is 0.0462 e. The molecule has 1 unspecified atom stereocenters. The van der Waals surface area contributed by atoms with Crippen LogP contribution in [0.5, 0.6) is 0 Å². The summed E-state index contributed by atoms with van der Waals surface area (Å²) in [6.45, 7) is 24.5. The van der Waals surface area contributed by atoms with E-state index in [-0.39, 0.29) is 6.61 Å². The van der Waals surface area contributed by atoms with Crippen LogP contribution >= 0.6 is 0 Å². The fraction of sp³-hybridized carbons (Fsp3) is 0.697. The lowest BCUT2D eigenvalue weighted by Gasteiger charge is -2.37. The number of benzene rings is 1. The molecule has 0 radical (unpaired) electrons. The van der Waals surface area contributed by atoms with Crippen molar-refractivity contribution in [3.8, 4) is 0 Å². The Labute approximate surface area is 223 Å². The summed E-state index contributed by atoms with van der Waals surface area (Å²) in [5.41, 5.74) is 7.01. The third-order valence-electron chi connectivity index (χ3n) is 8.13. The number of nitrogens with zero attached hydrogens (tertiary/aromatic N) is 1. The van der Waals surface area contributed by atoms with Crippen molar-refractivity contribution < 1.29 is 5.11 Å². The predicted molar refractivity (Wildman–Crippen MR) is 157 cm³/mol. The van der Waals surface area contributed by atoms with Crippen LogP contribution in [0.4, 0.5) is 0 Å². The number of hydrogen-bond donors (Lipinski definition) is 2. The topological polar surface area (TPSA) is 35.5 Å². The van der Waals surface area contributed by atoms with Crippen molar-refractivity contribution in [1.29, 1.82) is 0 Å². The van der Waals surface area contributed by atoms with Gasteiger partial charge in [0.2, 0.25) is 0 Å². The van der Waals surface area contributed by atoms with Crippen LogP contribution < -0.4 is 5.32 Å². The van der Waals surface area contributed by atoms with E-state index in [0.717, 1.165) is 51.9 Å². The molecule has 36 heavy (non-hydrogen) atoms. The summed E-state index contributed by atoms with van der Waals surface area (Å²) in [4.78, 5) is 2.48. The molecule has 1 aromatic carbocycles. The zero-order valence-corrected chi connectivity index (χ0v) is 24.2. The molecule has 1 heterocycles. The van der Waals surface area contributed by atoms with E-state index in [1.807, 2.05) is 0 Å². The molecule has 3 nitrogen and oxygen atoms in total. The Hall–Kier alpha value is -1.58. The number of aliphatic hydroxyl groups is 1. The van der Waals surface area contributed by atoms with Crippen molar-refractivity contribution in [3.05, 3.63) is 59.3 Å². The molecule has 2 N–H and O–H groups in total. The minimum atomic E-state index is 0.258. The van der Waals surface area contributed by atoms with Crippen molar-refractivity contribution in [3.63, 3.8) is 0 Å². The van der Waals surface area contributed by atoms with E-state index >= 15 is 0 Å². The standard InChI is InChI=1S/C33H56N2O/c1-8-11-12-13-14-31-19-28(15-16-30(31)9-2)23-35(10-3)27(7)33-20-32(21-34-22-33)26(6)18-29(24-36)17-25(4)5/h15-16,19,25,29,32-34,36H,6-14,17-18,20-24H2,1-5H3/t29?,32-,33+/m0/s1. The Morgan fingerprint density at radius 1 is 1.06 bits per heavy atom. The van der Waals surface area contributed by atoms with E-state index in [2.05, 4.69) is 76.2 Å². The van der Waals surface area contributed by atoms with Gasteiger partial charge in [0.25, 0.3) is 0 Å². The third kappa shape index (κ3) is 9.71. The largest absolute Gasteiger partial charge is 0.396 e. The number of aryl methyl sites for hydroxylation is 2. The average molecular weight is 497 g/mol. The quantitative estimate of drug-likeness (QED) is 0.173. The molecule has 2 rings (SSSR count). The van der Waals surface area contributed by atoms with Crippen LogP contribution in [0.1, 0.15) is 96.3 Å². The molecule has 1 fully saturated rings. The van der Waals surface area contributed by atoms with Gasteiger partial charge in [-0.1, -0.05) is 83.9 Å². The molecule has 1 saturated heterocycles. The predicted octanol–water partition coefficient (Wildman–Crippen LogP) is 7.53. The van der Waals surface area contributed by atoms with Crippen LogP contribution in [-0.2, 0) is 19.4 Å². The van der Waals surface area contributed by atoms with Gasteiger partial charge < -0.3 is 15.3 Å². The highest BCUT2D eigenvalue weighted by Gasteiger charge is 2.28. The van der Waals surface area contributed by atoms with Crippen LogP contribution in [-0.4, -0.2) is 36.2 Å². The molecule has 0 bridgehead atoms. The zero-order chi connectivity index (χ0) is 26.5. The fourth-order valence-electron chi connectivity index (χ4n) is 5.93. The molecule has 1 aromatic rings. The Bertz CT molecular complexity index is 799. The second-order valence-corrected chi connectivity index (χ2v) is 11.6. The third-order valence-corrected chi connectivity index (χ3v) is 8.13. The van der Waals surface area contributed by atoms with Crippen LogP contribution in [0.15, 0.2) is 42.6 Å². The molecular weight excluding hydrogens is 440 g/mol. The lowest BCUT2D eigenvalue weighted by molar-refractivity contribution is 0.198. The number of aliphatic hydroxyl groups excluding tert-OH is 1. The molecule has 1 aliphatic heterocycles. The van der Waals surface area contributed by atoms with Crippen molar-refractivity contribution in [1.82, 2.24) is 10.2 Å². The highest BCUT2D eigenvalue weighted by Crippen LogP contribution is 2.32. The van der Waals surface area contributed by atoms with Crippen molar-refractivity contribution in [2.24, 2.45) is 23.7 Å². The van der Waals surface area contributed by atoms with Crippen LogP contribution in [0.2, 0.25) is 0 Å². The SMILES string of the molecule is C=C(CC(CO)CC(C)C)[C@@H]1CNC[C@H](C(=C)N(CC)Cc2ccc(CC)c(CCCCCC)c2)C1. The molecule has 3 heteroatoms. The normalized spacial score (nSPS) is 18.9. The van der Waals surface area contributed by atoms with E-state index in [9.17, 15) is 5.11 Å². The fourth-order valence-corrected chi connectivity index (χ4v) is 5.93. The monoisotopic (exact) mass is 496 g/mol. The number of nitrogens with one attached hydrogen (secondary N) is 1. The van der Waals surface area contributed by atoms with Gasteiger partial charge in [-0.3, -0.25) is 0 Å². The highest BCUT2D eigenvalue weighted by molar-refractivity contribution is 5.32. The summed E-state index contributed by atoms with van der Waals surface area (Å²) >= 11 is 0. The minimum Gasteiger partial charge on any atom is -0.396 e. The van der Waals surface area contributed by atoms with Gasteiger partial charge in [0.1, 0.15) is 0 Å². The maximum atomic E-state index is 9.85. The lowest BCUT2D eigenvalue weighted by Crippen LogP contribution is -2.41. The summed E-state index contributed by atoms with van der Waals surface area (Å²) < 4.78 is 0. The maximum absolute atomic E-state index is 9.85. The summed E-state index contributed by atoms with van der Waals surface area (Å²) in [5.74, 6) is 1.82. The lowest BCUT2D eigenvalue weighted by atomic mass is 9.80. The van der Waals surface area contributed by atoms with Crippen LogP contribution in [0.3, 0.4) is 0 Å². The first kappa shape index (κ1) is 30.6. The van der Waals surface area contributed by atoms with Gasteiger partial charge >= 0.3 is 0 Å². The van der Waals surface area contributed by atoms with Gasteiger partial charge in [-0.2, -0.15) is 0 Å². The van der Waals surface area contributed by atoms with Gasteiger partial charge in [-0.15, -0.1) is 0 Å². The molecule has 0 aliphatic carbocycles. The Morgan fingerprint density at radius 3 is 2.44 bits per heavy atom. The van der Waals surface area contributed by atoms with E-state index in [1.54, 1.807) is 5.56 Å². The van der Waals surface area contributed by atoms with E-state index in [4.69, 9.17) is 0 Å². The molecule has 0 amide bonds. The summed E-state index contributed by atoms with van der Waals surface area (Å²) in [6, 6.07) is 7.16. The van der Waals surface area contributed by atoms with Gasteiger partial charge in [0, 0.05) is 44.4 Å². The molecular formula is C33H56N2O. The average Bonchev–Trinajstić information content (AvgIpc) is 2.88. The number of piperidine rings is 1. The van der Waals surface area contributed by atoms with Crippen molar-refractivity contribution in [2.75, 3.05) is 26.2 Å². The second-order valence-electron chi connectivity index (χ2n) is 11.6. The van der Waals surface area contributed by atoms with Crippen molar-refractivity contribution in [2.45, 2.75) is 99.0 Å². The zero-order valence-electron chi connectivity index (χ0n) is 24.2. The number of unbranched alkanes of at least 4 members (excludes halogenated alkanes) is 3. The van der Waals surface area contributed by atoms with E-state index < -0.39 is 0 Å². The summed E-state index contributed by atoms with van der Waals surface area (Å²) in [7, 11) is 0. The minimum absolute atomic E-state index is 0.258. The highest BCUT2D eigenvalue weighted by atomic mass is 16.3. The molecule has 204 valence electrons. The first-order chi connectivity index (χ1) is 17.3. The van der Waals surface area contributed by atoms with Crippen molar-refractivity contribution >= 4 is 0 Å². The Balaban J connectivity index is 2.01. The molecule has 3 atom stereocenters. The second kappa shape index (κ2) is 16.3. The van der Waals surface area contributed by atoms with Gasteiger partial charge in [0.15, 0.2) is 0 Å². The molecule has 0 saturated carbocycles. The smallest absolute Gasteiger partial charge is 0.0462 e. The molecule has 0 aromatic heterocycles. The van der Waals surface area contributed by atoms with Gasteiger partial charge in [0.05, 0.1) is 0 Å². The van der Waals surface area contributed by atoms with Crippen LogP contribution in [0.25, 0.3) is 0 Å². The molecule has 0 spiro atoms. The number of hydrogen-bond acceptors (Lipinski definition) is 3. The van der Waals surface area contributed by atoms with E-state index in [0.29, 0.717) is 23.7 Å². The van der Waals surface area contributed by atoms with Gasteiger partial charge in [-0.05, 0) is 79.9 Å². The Kier molecular flexibility index (Phi) is 13.9.